The van der Waals surface area contributed by atoms with Gasteiger partial charge >= 0.3 is 6.18 Å². The van der Waals surface area contributed by atoms with Crippen molar-refractivity contribution in [3.63, 3.8) is 0 Å². The predicted octanol–water partition coefficient (Wildman–Crippen LogP) is 5.60. The molecule has 0 radical (unpaired) electrons. The van der Waals surface area contributed by atoms with Crippen molar-refractivity contribution in [1.82, 2.24) is 24.8 Å². The van der Waals surface area contributed by atoms with Crippen LogP contribution in [0.5, 0.6) is 11.5 Å². The summed E-state index contributed by atoms with van der Waals surface area (Å²) < 4.78 is 51.7. The van der Waals surface area contributed by atoms with Crippen LogP contribution in [0.25, 0.3) is 27.8 Å². The van der Waals surface area contributed by atoms with E-state index in [1.54, 1.807) is 37.6 Å². The fourth-order valence-corrected chi connectivity index (χ4v) is 3.77. The molecule has 7 nitrogen and oxygen atoms in total. The minimum atomic E-state index is -4.53. The van der Waals surface area contributed by atoms with Crippen LogP contribution in [-0.2, 0) is 12.8 Å². The van der Waals surface area contributed by atoms with E-state index in [-0.39, 0.29) is 6.61 Å². The molecule has 0 aliphatic carbocycles. The highest BCUT2D eigenvalue weighted by Crippen LogP contribution is 2.36. The predicted molar refractivity (Wildman–Crippen MR) is 119 cm³/mol. The van der Waals surface area contributed by atoms with Crippen molar-refractivity contribution in [1.29, 1.82) is 0 Å². The average Bonchev–Trinajstić information content (AvgIpc) is 3.23. The van der Waals surface area contributed by atoms with Crippen LogP contribution < -0.4 is 9.47 Å². The quantitative estimate of drug-likeness (QED) is 0.322. The summed E-state index contributed by atoms with van der Waals surface area (Å²) in [5.41, 5.74) is 1.10. The molecule has 2 aromatic carbocycles. The minimum absolute atomic E-state index is 0.0521. The van der Waals surface area contributed by atoms with Gasteiger partial charge in [-0.1, -0.05) is 17.7 Å². The first-order valence-corrected chi connectivity index (χ1v) is 10.4. The van der Waals surface area contributed by atoms with Gasteiger partial charge in [0.25, 0.3) is 0 Å². The number of methoxy groups -OCH3 is 1. The second kappa shape index (κ2) is 8.45. The number of rotatable bonds is 5. The summed E-state index contributed by atoms with van der Waals surface area (Å²) in [6.07, 6.45) is -2.90. The summed E-state index contributed by atoms with van der Waals surface area (Å²) in [6.45, 7) is 0.0521. The van der Waals surface area contributed by atoms with Gasteiger partial charge in [-0.15, -0.1) is 10.2 Å². The molecule has 0 N–H and O–H groups in total. The zero-order chi connectivity index (χ0) is 23.9. The Balaban J connectivity index is 1.44. The number of nitrogens with zero attached hydrogens (tertiary/aromatic N) is 5. The molecule has 5 aromatic rings. The van der Waals surface area contributed by atoms with E-state index in [0.717, 1.165) is 11.5 Å². The maximum atomic E-state index is 13.0. The van der Waals surface area contributed by atoms with Crippen molar-refractivity contribution < 1.29 is 22.6 Å². The lowest BCUT2D eigenvalue weighted by Gasteiger charge is -2.11. The van der Waals surface area contributed by atoms with E-state index in [1.807, 2.05) is 12.1 Å². The van der Waals surface area contributed by atoms with Crippen LogP contribution in [-0.4, -0.2) is 31.9 Å². The molecule has 0 amide bonds. The molecule has 0 aliphatic heterocycles. The first-order valence-electron chi connectivity index (χ1n) is 9.97. The Kier molecular flexibility index (Phi) is 5.45. The Bertz CT molecular complexity index is 1520. The molecule has 0 saturated heterocycles. The number of hydrogen-bond acceptors (Lipinski definition) is 6. The maximum absolute atomic E-state index is 13.0. The summed E-state index contributed by atoms with van der Waals surface area (Å²) in [7, 11) is 1.58. The van der Waals surface area contributed by atoms with E-state index in [9.17, 15) is 13.2 Å². The minimum Gasteiger partial charge on any atom is -0.497 e. The molecule has 0 atom stereocenters. The number of alkyl halides is 3. The van der Waals surface area contributed by atoms with E-state index in [0.29, 0.717) is 39.7 Å². The first-order chi connectivity index (χ1) is 16.3. The van der Waals surface area contributed by atoms with Gasteiger partial charge < -0.3 is 9.47 Å². The largest absolute Gasteiger partial charge is 0.497 e. The summed E-state index contributed by atoms with van der Waals surface area (Å²) >= 11 is 5.86. The molecule has 34 heavy (non-hydrogen) atoms. The van der Waals surface area contributed by atoms with Gasteiger partial charge in [-0.3, -0.25) is 4.98 Å². The molecule has 0 saturated carbocycles. The molecule has 0 spiro atoms. The second-order valence-corrected chi connectivity index (χ2v) is 7.69. The van der Waals surface area contributed by atoms with Crippen molar-refractivity contribution in [2.75, 3.05) is 7.11 Å². The van der Waals surface area contributed by atoms with E-state index in [4.69, 9.17) is 21.1 Å². The Morgan fingerprint density at radius 3 is 2.62 bits per heavy atom. The number of pyridine rings is 1. The Morgan fingerprint density at radius 2 is 1.85 bits per heavy atom. The standard InChI is InChI=1S/C23H15ClF3N5O2/c1-33-14-3-4-15-19(11-14)28-9-8-20(15)34-12-22-30-29-21-7-6-18(31-32(21)22)13-2-5-16(17(24)10-13)23(25,26)27/h2-11H,12H2,1H3. The molecule has 0 bridgehead atoms. The van der Waals surface area contributed by atoms with Gasteiger partial charge in [0, 0.05) is 23.2 Å². The average molecular weight is 486 g/mol. The third-order valence-electron chi connectivity index (χ3n) is 5.16. The number of benzene rings is 2. The smallest absolute Gasteiger partial charge is 0.417 e. The Hall–Kier alpha value is -3.92. The van der Waals surface area contributed by atoms with Crippen molar-refractivity contribution in [3.8, 4) is 22.8 Å². The third-order valence-corrected chi connectivity index (χ3v) is 5.48. The highest BCUT2D eigenvalue weighted by atomic mass is 35.5. The summed E-state index contributed by atoms with van der Waals surface area (Å²) in [5, 5.41) is 13.1. The Morgan fingerprint density at radius 1 is 1.00 bits per heavy atom. The van der Waals surface area contributed by atoms with Gasteiger partial charge in [0.1, 0.15) is 18.1 Å². The van der Waals surface area contributed by atoms with Crippen LogP contribution in [0.3, 0.4) is 0 Å². The number of aromatic nitrogens is 5. The highest BCUT2D eigenvalue weighted by molar-refractivity contribution is 6.31. The number of hydrogen-bond donors (Lipinski definition) is 0. The molecule has 3 heterocycles. The molecular weight excluding hydrogens is 471 g/mol. The van der Waals surface area contributed by atoms with E-state index < -0.39 is 16.8 Å². The van der Waals surface area contributed by atoms with Gasteiger partial charge in [-0.05, 0) is 42.5 Å². The zero-order valence-electron chi connectivity index (χ0n) is 17.5. The molecule has 5 rings (SSSR count). The highest BCUT2D eigenvalue weighted by Gasteiger charge is 2.33. The molecule has 11 heteroatoms. The van der Waals surface area contributed by atoms with Crippen LogP contribution in [0.1, 0.15) is 11.4 Å². The van der Waals surface area contributed by atoms with E-state index in [1.165, 1.54) is 16.6 Å². The van der Waals surface area contributed by atoms with Crippen molar-refractivity contribution in [2.45, 2.75) is 12.8 Å². The SMILES string of the molecule is COc1ccc2c(OCc3nnc4ccc(-c5ccc(C(F)(F)F)c(Cl)c5)nn34)ccnc2c1. The van der Waals surface area contributed by atoms with Crippen LogP contribution >= 0.6 is 11.6 Å². The van der Waals surface area contributed by atoms with Crippen LogP contribution in [0.15, 0.2) is 60.8 Å². The number of halogens is 4. The van der Waals surface area contributed by atoms with Gasteiger partial charge in [0.05, 0.1) is 28.9 Å². The summed E-state index contributed by atoms with van der Waals surface area (Å²) in [4.78, 5) is 4.33. The van der Waals surface area contributed by atoms with Gasteiger partial charge in [-0.25, -0.2) is 0 Å². The van der Waals surface area contributed by atoms with Gasteiger partial charge in [0.15, 0.2) is 11.5 Å². The van der Waals surface area contributed by atoms with E-state index in [2.05, 4.69) is 20.3 Å². The fourth-order valence-electron chi connectivity index (χ4n) is 3.48. The van der Waals surface area contributed by atoms with Gasteiger partial charge in [0.2, 0.25) is 0 Å². The Labute approximate surface area is 195 Å². The third kappa shape index (κ3) is 4.08. The summed E-state index contributed by atoms with van der Waals surface area (Å²) in [5.74, 6) is 1.68. The molecule has 3 aromatic heterocycles. The first kappa shape index (κ1) is 21.9. The van der Waals surface area contributed by atoms with E-state index >= 15 is 0 Å². The maximum Gasteiger partial charge on any atom is 0.417 e. The second-order valence-electron chi connectivity index (χ2n) is 7.28. The van der Waals surface area contributed by atoms with Crippen molar-refractivity contribution in [2.24, 2.45) is 0 Å². The molecule has 0 aliphatic rings. The van der Waals surface area contributed by atoms with Crippen molar-refractivity contribution in [3.05, 3.63) is 77.2 Å². The number of fused-ring (bicyclic) bond motifs is 2. The van der Waals surface area contributed by atoms with Crippen LogP contribution in [0.2, 0.25) is 5.02 Å². The normalized spacial score (nSPS) is 11.8. The lowest BCUT2D eigenvalue weighted by molar-refractivity contribution is -0.137. The monoisotopic (exact) mass is 485 g/mol. The molecular formula is C23H15ClF3N5O2. The molecule has 172 valence electrons. The van der Waals surface area contributed by atoms with Crippen LogP contribution in [0.4, 0.5) is 13.2 Å². The van der Waals surface area contributed by atoms with Gasteiger partial charge in [-0.2, -0.15) is 22.8 Å². The zero-order valence-corrected chi connectivity index (χ0v) is 18.3. The topological polar surface area (TPSA) is 74.4 Å². The number of ether oxygens (including phenoxy) is 2. The fraction of sp³-hybridized carbons (Fsp3) is 0.130. The summed E-state index contributed by atoms with van der Waals surface area (Å²) in [6, 6.07) is 14.0. The lowest BCUT2D eigenvalue weighted by Crippen LogP contribution is -2.06. The lowest BCUT2D eigenvalue weighted by atomic mass is 10.1. The molecule has 0 unspecified atom stereocenters. The molecule has 0 fully saturated rings. The van der Waals surface area contributed by atoms with Crippen LogP contribution in [0, 0.1) is 0 Å². The van der Waals surface area contributed by atoms with Crippen molar-refractivity contribution >= 4 is 28.2 Å².